The van der Waals surface area contributed by atoms with E-state index in [0.29, 0.717) is 6.04 Å². The molecule has 1 fully saturated rings. The summed E-state index contributed by atoms with van der Waals surface area (Å²) in [6.45, 7) is 0.719. The van der Waals surface area contributed by atoms with Crippen LogP contribution in [0, 0.1) is 0 Å². The van der Waals surface area contributed by atoms with Crippen LogP contribution >= 0.6 is 27.7 Å². The molecule has 0 spiro atoms. The molecule has 0 amide bonds. The van der Waals surface area contributed by atoms with Crippen LogP contribution in [0.5, 0.6) is 0 Å². The van der Waals surface area contributed by atoms with Crippen molar-refractivity contribution in [1.29, 1.82) is 0 Å². The van der Waals surface area contributed by atoms with E-state index in [1.807, 2.05) is 18.2 Å². The SMILES string of the molecule is Brc1cccc(CN=C2NC(c3ccccc3)CS2)c1. The average molecular weight is 347 g/mol. The molecule has 1 saturated heterocycles. The maximum Gasteiger partial charge on any atom is 0.157 e. The molecule has 3 rings (SSSR count). The van der Waals surface area contributed by atoms with Crippen LogP contribution in [0.25, 0.3) is 0 Å². The third-order valence-corrected chi connectivity index (χ3v) is 4.69. The highest BCUT2D eigenvalue weighted by molar-refractivity contribution is 9.10. The van der Waals surface area contributed by atoms with Gasteiger partial charge in [-0.15, -0.1) is 0 Å². The van der Waals surface area contributed by atoms with Gasteiger partial charge in [-0.1, -0.05) is 70.2 Å². The van der Waals surface area contributed by atoms with Gasteiger partial charge in [-0.3, -0.25) is 4.99 Å². The number of hydrogen-bond donors (Lipinski definition) is 1. The van der Waals surface area contributed by atoms with E-state index >= 15 is 0 Å². The molecule has 1 aliphatic heterocycles. The molecule has 2 nitrogen and oxygen atoms in total. The van der Waals surface area contributed by atoms with E-state index in [0.717, 1.165) is 21.9 Å². The van der Waals surface area contributed by atoms with Gasteiger partial charge in [0, 0.05) is 10.2 Å². The second kappa shape index (κ2) is 6.46. The van der Waals surface area contributed by atoms with E-state index in [1.54, 1.807) is 11.8 Å². The quantitative estimate of drug-likeness (QED) is 0.891. The lowest BCUT2D eigenvalue weighted by atomic mass is 10.1. The van der Waals surface area contributed by atoms with Gasteiger partial charge in [0.2, 0.25) is 0 Å². The normalized spacial score (nSPS) is 20.1. The maximum atomic E-state index is 4.66. The van der Waals surface area contributed by atoms with Crippen molar-refractivity contribution in [2.24, 2.45) is 4.99 Å². The first-order valence-corrected chi connectivity index (χ1v) is 8.32. The molecule has 0 saturated carbocycles. The molecule has 1 N–H and O–H groups in total. The minimum absolute atomic E-state index is 0.377. The summed E-state index contributed by atoms with van der Waals surface area (Å²) in [5, 5.41) is 4.53. The highest BCUT2D eigenvalue weighted by atomic mass is 79.9. The topological polar surface area (TPSA) is 24.4 Å². The minimum Gasteiger partial charge on any atom is -0.357 e. The Morgan fingerprint density at radius 1 is 1.15 bits per heavy atom. The first-order chi connectivity index (χ1) is 9.81. The number of amidine groups is 1. The summed E-state index contributed by atoms with van der Waals surface area (Å²) in [6, 6.07) is 19.2. The molecule has 1 heterocycles. The average Bonchev–Trinajstić information content (AvgIpc) is 2.95. The lowest BCUT2D eigenvalue weighted by molar-refractivity contribution is 0.748. The minimum atomic E-state index is 0.377. The molecule has 2 aromatic carbocycles. The standard InChI is InChI=1S/C16H15BrN2S/c17-14-8-4-5-12(9-14)10-18-16-19-15(11-20-16)13-6-2-1-3-7-13/h1-9,15H,10-11H2,(H,18,19). The van der Waals surface area contributed by atoms with Gasteiger partial charge >= 0.3 is 0 Å². The Labute approximate surface area is 131 Å². The number of benzene rings is 2. The van der Waals surface area contributed by atoms with Crippen LogP contribution in [0.2, 0.25) is 0 Å². The lowest BCUT2D eigenvalue weighted by Crippen LogP contribution is -2.19. The van der Waals surface area contributed by atoms with Crippen molar-refractivity contribution in [3.8, 4) is 0 Å². The third kappa shape index (κ3) is 3.44. The molecule has 0 bridgehead atoms. The Kier molecular flexibility index (Phi) is 4.43. The summed E-state index contributed by atoms with van der Waals surface area (Å²) in [5.41, 5.74) is 2.55. The molecule has 0 aromatic heterocycles. The summed E-state index contributed by atoms with van der Waals surface area (Å²) >= 11 is 5.28. The highest BCUT2D eigenvalue weighted by Crippen LogP contribution is 2.26. The number of hydrogen-bond acceptors (Lipinski definition) is 2. The first-order valence-electron chi connectivity index (χ1n) is 6.54. The summed E-state index contributed by atoms with van der Waals surface area (Å²) in [5.74, 6) is 1.04. The second-order valence-electron chi connectivity index (χ2n) is 4.67. The van der Waals surface area contributed by atoms with E-state index in [4.69, 9.17) is 0 Å². The van der Waals surface area contributed by atoms with Crippen molar-refractivity contribution in [3.63, 3.8) is 0 Å². The Balaban J connectivity index is 1.64. The second-order valence-corrected chi connectivity index (χ2v) is 6.59. The summed E-state index contributed by atoms with van der Waals surface area (Å²) < 4.78 is 1.10. The van der Waals surface area contributed by atoms with Gasteiger partial charge in [0.1, 0.15) is 0 Å². The van der Waals surface area contributed by atoms with E-state index in [1.165, 1.54) is 11.1 Å². The summed E-state index contributed by atoms with van der Waals surface area (Å²) in [4.78, 5) is 4.66. The predicted octanol–water partition coefficient (Wildman–Crippen LogP) is 4.38. The van der Waals surface area contributed by atoms with Gasteiger partial charge < -0.3 is 5.32 Å². The van der Waals surface area contributed by atoms with Crippen molar-refractivity contribution >= 4 is 32.9 Å². The molecular formula is C16H15BrN2S. The van der Waals surface area contributed by atoms with Crippen molar-refractivity contribution < 1.29 is 0 Å². The largest absolute Gasteiger partial charge is 0.357 e. The Hall–Kier alpha value is -1.26. The van der Waals surface area contributed by atoms with Crippen LogP contribution in [0.4, 0.5) is 0 Å². The van der Waals surface area contributed by atoms with Crippen LogP contribution in [0.3, 0.4) is 0 Å². The number of thioether (sulfide) groups is 1. The van der Waals surface area contributed by atoms with Gasteiger partial charge in [0.25, 0.3) is 0 Å². The van der Waals surface area contributed by atoms with Crippen LogP contribution in [-0.2, 0) is 6.54 Å². The fourth-order valence-corrected chi connectivity index (χ4v) is 3.58. The van der Waals surface area contributed by atoms with Crippen molar-refractivity contribution in [2.45, 2.75) is 12.6 Å². The van der Waals surface area contributed by atoms with Crippen LogP contribution in [0.15, 0.2) is 64.1 Å². The van der Waals surface area contributed by atoms with Gasteiger partial charge in [0.05, 0.1) is 12.6 Å². The molecule has 4 heteroatoms. The van der Waals surface area contributed by atoms with E-state index in [9.17, 15) is 0 Å². The van der Waals surface area contributed by atoms with Crippen LogP contribution in [-0.4, -0.2) is 10.9 Å². The summed E-state index contributed by atoms with van der Waals surface area (Å²) in [6.07, 6.45) is 0. The number of halogens is 1. The zero-order valence-corrected chi connectivity index (χ0v) is 13.3. The highest BCUT2D eigenvalue weighted by Gasteiger charge is 2.21. The fraction of sp³-hybridized carbons (Fsp3) is 0.188. The number of rotatable bonds is 3. The Bertz CT molecular complexity index is 613. The molecular weight excluding hydrogens is 332 g/mol. The molecule has 0 radical (unpaired) electrons. The summed E-state index contributed by atoms with van der Waals surface area (Å²) in [7, 11) is 0. The molecule has 102 valence electrons. The molecule has 2 aromatic rings. The van der Waals surface area contributed by atoms with Crippen molar-refractivity contribution in [3.05, 3.63) is 70.2 Å². The molecule has 0 aliphatic carbocycles. The maximum absolute atomic E-state index is 4.66. The predicted molar refractivity (Wildman–Crippen MR) is 90.1 cm³/mol. The zero-order valence-electron chi connectivity index (χ0n) is 10.9. The monoisotopic (exact) mass is 346 g/mol. The molecule has 1 unspecified atom stereocenters. The van der Waals surface area contributed by atoms with Gasteiger partial charge in [0.15, 0.2) is 5.17 Å². The van der Waals surface area contributed by atoms with Crippen LogP contribution in [0.1, 0.15) is 17.2 Å². The third-order valence-electron chi connectivity index (χ3n) is 3.18. The number of nitrogens with one attached hydrogen (secondary N) is 1. The zero-order chi connectivity index (χ0) is 13.8. The number of nitrogens with zero attached hydrogens (tertiary/aromatic N) is 1. The Morgan fingerprint density at radius 2 is 2.00 bits per heavy atom. The van der Waals surface area contributed by atoms with Crippen molar-refractivity contribution in [1.82, 2.24) is 5.32 Å². The number of aliphatic imine (C=N–C) groups is 1. The van der Waals surface area contributed by atoms with E-state index in [2.05, 4.69) is 62.6 Å². The van der Waals surface area contributed by atoms with E-state index in [-0.39, 0.29) is 0 Å². The first kappa shape index (κ1) is 13.7. The smallest absolute Gasteiger partial charge is 0.157 e. The lowest BCUT2D eigenvalue weighted by Gasteiger charge is -2.09. The van der Waals surface area contributed by atoms with Crippen molar-refractivity contribution in [2.75, 3.05) is 5.75 Å². The molecule has 20 heavy (non-hydrogen) atoms. The van der Waals surface area contributed by atoms with Gasteiger partial charge in [-0.25, -0.2) is 0 Å². The Morgan fingerprint density at radius 3 is 2.80 bits per heavy atom. The van der Waals surface area contributed by atoms with E-state index < -0.39 is 0 Å². The van der Waals surface area contributed by atoms with Crippen LogP contribution < -0.4 is 5.32 Å². The fourth-order valence-electron chi connectivity index (χ4n) is 2.15. The molecule has 1 atom stereocenters. The van der Waals surface area contributed by atoms with Gasteiger partial charge in [-0.2, -0.15) is 0 Å². The molecule has 1 aliphatic rings. The van der Waals surface area contributed by atoms with Gasteiger partial charge in [-0.05, 0) is 23.3 Å².